The zero-order chi connectivity index (χ0) is 16.4. The Kier molecular flexibility index (Phi) is 3.29. The largest absolute Gasteiger partial charge is 0.406 e. The lowest BCUT2D eigenvalue weighted by Crippen LogP contribution is -2.57. The Hall–Kier alpha value is -1.15. The van der Waals surface area contributed by atoms with E-state index in [1.54, 1.807) is 10.3 Å². The van der Waals surface area contributed by atoms with E-state index in [1.807, 2.05) is 0 Å². The van der Waals surface area contributed by atoms with Crippen molar-refractivity contribution in [1.82, 2.24) is 9.88 Å². The number of aromatic nitrogens is 1. The summed E-state index contributed by atoms with van der Waals surface area (Å²) in [5, 5.41) is 2.40. The standard InChI is InChI=1S/C15H18F3N3OS/c1-9(22)21(12-2-3-12)13-19-11(8-23-13)7-20-6-10-4-14(20,5-10)15(16,17)18/h8,10,12H,2-7H2,1H3. The fraction of sp³-hybridized carbons (Fsp3) is 0.733. The minimum atomic E-state index is -4.18. The van der Waals surface area contributed by atoms with E-state index in [0.717, 1.165) is 12.8 Å². The van der Waals surface area contributed by atoms with Crippen molar-refractivity contribution in [3.8, 4) is 0 Å². The maximum absolute atomic E-state index is 13.4. The molecular formula is C15H18F3N3OS. The third-order valence-corrected chi connectivity index (χ3v) is 6.10. The topological polar surface area (TPSA) is 36.4 Å². The van der Waals surface area contributed by atoms with Crippen LogP contribution in [0.1, 0.15) is 38.3 Å². The monoisotopic (exact) mass is 345 g/mol. The number of rotatable bonds is 4. The smallest absolute Gasteiger partial charge is 0.285 e. The van der Waals surface area contributed by atoms with Gasteiger partial charge in [-0.1, -0.05) is 0 Å². The van der Waals surface area contributed by atoms with Crippen LogP contribution in [0.25, 0.3) is 0 Å². The fourth-order valence-electron chi connectivity index (χ4n) is 3.95. The van der Waals surface area contributed by atoms with Crippen LogP contribution in [0.2, 0.25) is 0 Å². The number of alkyl halides is 3. The Labute approximate surface area is 136 Å². The van der Waals surface area contributed by atoms with Crippen molar-refractivity contribution < 1.29 is 18.0 Å². The summed E-state index contributed by atoms with van der Waals surface area (Å²) in [6.07, 6.45) is -1.80. The minimum Gasteiger partial charge on any atom is -0.285 e. The van der Waals surface area contributed by atoms with E-state index in [0.29, 0.717) is 17.4 Å². The van der Waals surface area contributed by atoms with Crippen LogP contribution >= 0.6 is 11.3 Å². The van der Waals surface area contributed by atoms with Gasteiger partial charge in [-0.3, -0.25) is 14.6 Å². The molecule has 126 valence electrons. The molecule has 0 atom stereocenters. The van der Waals surface area contributed by atoms with E-state index in [2.05, 4.69) is 4.98 Å². The van der Waals surface area contributed by atoms with Gasteiger partial charge in [0.05, 0.1) is 5.69 Å². The van der Waals surface area contributed by atoms with Crippen molar-refractivity contribution in [3.05, 3.63) is 11.1 Å². The first kappa shape index (κ1) is 15.4. The Morgan fingerprint density at radius 1 is 1.48 bits per heavy atom. The van der Waals surface area contributed by atoms with E-state index in [1.165, 1.54) is 23.2 Å². The van der Waals surface area contributed by atoms with Crippen molar-refractivity contribution >= 4 is 22.4 Å². The normalized spacial score (nSPS) is 30.3. The van der Waals surface area contributed by atoms with Gasteiger partial charge in [0, 0.05) is 31.4 Å². The van der Waals surface area contributed by atoms with Gasteiger partial charge in [-0.15, -0.1) is 11.3 Å². The number of hydrogen-bond acceptors (Lipinski definition) is 4. The van der Waals surface area contributed by atoms with Gasteiger partial charge >= 0.3 is 6.18 Å². The molecule has 23 heavy (non-hydrogen) atoms. The summed E-state index contributed by atoms with van der Waals surface area (Å²) in [4.78, 5) is 19.4. The molecule has 8 heteroatoms. The molecule has 0 aromatic carbocycles. The van der Waals surface area contributed by atoms with Crippen molar-refractivity contribution in [3.63, 3.8) is 0 Å². The van der Waals surface area contributed by atoms with Crippen molar-refractivity contribution in [2.75, 3.05) is 11.4 Å². The van der Waals surface area contributed by atoms with Gasteiger partial charge in [0.25, 0.3) is 0 Å². The van der Waals surface area contributed by atoms with Gasteiger partial charge in [-0.05, 0) is 31.6 Å². The molecule has 1 aromatic rings. The van der Waals surface area contributed by atoms with Gasteiger partial charge in [-0.25, -0.2) is 4.98 Å². The summed E-state index contributed by atoms with van der Waals surface area (Å²) in [6.45, 7) is 2.21. The average molecular weight is 345 g/mol. The molecule has 1 amide bonds. The maximum atomic E-state index is 13.4. The van der Waals surface area contributed by atoms with Gasteiger partial charge in [0.2, 0.25) is 5.91 Å². The van der Waals surface area contributed by atoms with Crippen LogP contribution < -0.4 is 4.90 Å². The van der Waals surface area contributed by atoms with Gasteiger partial charge in [-0.2, -0.15) is 13.2 Å². The number of amides is 1. The lowest BCUT2D eigenvalue weighted by Gasteiger charge is -2.43. The third-order valence-electron chi connectivity index (χ3n) is 5.21. The van der Waals surface area contributed by atoms with Crippen molar-refractivity contribution in [2.24, 2.45) is 5.92 Å². The molecule has 2 bridgehead atoms. The molecule has 4 aliphatic rings. The van der Waals surface area contributed by atoms with E-state index in [4.69, 9.17) is 0 Å². The lowest BCUT2D eigenvalue weighted by molar-refractivity contribution is -0.238. The molecule has 1 aromatic heterocycles. The zero-order valence-electron chi connectivity index (χ0n) is 12.8. The summed E-state index contributed by atoms with van der Waals surface area (Å²) in [6, 6.07) is 0.215. The first-order valence-corrected chi connectivity index (χ1v) is 8.74. The highest BCUT2D eigenvalue weighted by Gasteiger charge is 2.69. The number of halogens is 3. The number of anilines is 1. The minimum absolute atomic E-state index is 0.0522. The fourth-order valence-corrected chi connectivity index (χ4v) is 4.88. The molecule has 5 rings (SSSR count). The van der Waals surface area contributed by atoms with Gasteiger partial charge < -0.3 is 0 Å². The summed E-state index contributed by atoms with van der Waals surface area (Å²) in [5.41, 5.74) is -1.01. The second-order valence-electron chi connectivity index (χ2n) is 6.93. The molecule has 0 spiro atoms. The van der Waals surface area contributed by atoms with Crippen molar-refractivity contribution in [1.29, 1.82) is 0 Å². The Bertz CT molecular complexity index is 634. The van der Waals surface area contributed by atoms with Crippen LogP contribution in [-0.2, 0) is 11.3 Å². The SMILES string of the molecule is CC(=O)N(c1nc(CN2CC3CC2(C(F)(F)F)C3)cs1)C1CC1. The third kappa shape index (κ3) is 2.38. The number of hydrogen-bond donors (Lipinski definition) is 0. The molecule has 4 fully saturated rings. The van der Waals surface area contributed by atoms with E-state index >= 15 is 0 Å². The number of thiazole rings is 1. The Morgan fingerprint density at radius 2 is 2.17 bits per heavy atom. The quantitative estimate of drug-likeness (QED) is 0.841. The van der Waals surface area contributed by atoms with Crippen LogP contribution in [0.4, 0.5) is 18.3 Å². The molecule has 2 aliphatic carbocycles. The molecule has 0 unspecified atom stereocenters. The van der Waals surface area contributed by atoms with E-state index in [9.17, 15) is 18.0 Å². The van der Waals surface area contributed by atoms with Crippen LogP contribution in [0.3, 0.4) is 0 Å². The Morgan fingerprint density at radius 3 is 2.74 bits per heavy atom. The predicted molar refractivity (Wildman–Crippen MR) is 80.2 cm³/mol. The van der Waals surface area contributed by atoms with Crippen LogP contribution in [0, 0.1) is 5.92 Å². The molecule has 2 saturated heterocycles. The van der Waals surface area contributed by atoms with Gasteiger partial charge in [0.15, 0.2) is 5.13 Å². The highest BCUT2D eigenvalue weighted by molar-refractivity contribution is 7.14. The predicted octanol–water partition coefficient (Wildman–Crippen LogP) is 3.19. The summed E-state index contributed by atoms with van der Waals surface area (Å²) >= 11 is 1.34. The molecule has 4 nitrogen and oxygen atoms in total. The average Bonchev–Trinajstić information content (AvgIpc) is 2.85. The van der Waals surface area contributed by atoms with E-state index in [-0.39, 0.29) is 37.3 Å². The second-order valence-corrected chi connectivity index (χ2v) is 7.76. The molecule has 0 N–H and O–H groups in total. The molecule has 2 aliphatic heterocycles. The summed E-state index contributed by atoms with van der Waals surface area (Å²) in [5.74, 6) is 0.110. The number of carbonyl (C=O) groups is 1. The van der Waals surface area contributed by atoms with Gasteiger partial charge in [0.1, 0.15) is 5.54 Å². The summed E-state index contributed by atoms with van der Waals surface area (Å²) < 4.78 is 40.1. The molecular weight excluding hydrogens is 327 g/mol. The zero-order valence-corrected chi connectivity index (χ0v) is 13.6. The highest BCUT2D eigenvalue weighted by atomic mass is 32.1. The first-order valence-electron chi connectivity index (χ1n) is 7.86. The first-order chi connectivity index (χ1) is 10.8. The lowest BCUT2D eigenvalue weighted by atomic mass is 9.73. The van der Waals surface area contributed by atoms with E-state index < -0.39 is 11.7 Å². The highest BCUT2D eigenvalue weighted by Crippen LogP contribution is 2.58. The Balaban J connectivity index is 1.51. The molecule has 3 heterocycles. The van der Waals surface area contributed by atoms with Crippen LogP contribution in [0.15, 0.2) is 5.38 Å². The molecule has 2 saturated carbocycles. The molecule has 0 radical (unpaired) electrons. The van der Waals surface area contributed by atoms with Crippen LogP contribution in [-0.4, -0.2) is 40.1 Å². The maximum Gasteiger partial charge on any atom is 0.406 e. The second kappa shape index (κ2) is 4.92. The summed E-state index contributed by atoms with van der Waals surface area (Å²) in [7, 11) is 0. The number of fused-ring (bicyclic) bond motifs is 1. The van der Waals surface area contributed by atoms with Crippen LogP contribution in [0.5, 0.6) is 0 Å². The number of nitrogens with zero attached hydrogens (tertiary/aromatic N) is 3. The number of carbonyl (C=O) groups excluding carboxylic acids is 1. The van der Waals surface area contributed by atoms with Crippen molar-refractivity contribution in [2.45, 2.75) is 56.9 Å².